The summed E-state index contributed by atoms with van der Waals surface area (Å²) in [5.74, 6) is 1.79. The quantitative estimate of drug-likeness (QED) is 0.793. The van der Waals surface area contributed by atoms with Crippen molar-refractivity contribution in [2.75, 3.05) is 19.6 Å². The first-order valence-corrected chi connectivity index (χ1v) is 9.58. The number of rotatable bonds is 8. The highest BCUT2D eigenvalue weighted by atomic mass is 16.5. The number of benzene rings is 2. The zero-order chi connectivity index (χ0) is 16.9. The summed E-state index contributed by atoms with van der Waals surface area (Å²) in [6.07, 6.45) is 4.19. The van der Waals surface area contributed by atoms with E-state index in [2.05, 4.69) is 52.7 Å². The van der Waals surface area contributed by atoms with Gasteiger partial charge >= 0.3 is 0 Å². The summed E-state index contributed by atoms with van der Waals surface area (Å²) in [6, 6.07) is 19.6. The second-order valence-electron chi connectivity index (χ2n) is 7.39. The van der Waals surface area contributed by atoms with Crippen LogP contribution < -0.4 is 10.1 Å². The number of ether oxygens (including phenoxy) is 1. The maximum atomic E-state index is 6.05. The van der Waals surface area contributed by atoms with Gasteiger partial charge in [0, 0.05) is 24.7 Å². The number of likely N-dealkylation sites (tertiary alicyclic amines) is 1. The van der Waals surface area contributed by atoms with Crippen LogP contribution >= 0.6 is 0 Å². The van der Waals surface area contributed by atoms with Gasteiger partial charge in [0.2, 0.25) is 0 Å². The second-order valence-corrected chi connectivity index (χ2v) is 7.39. The van der Waals surface area contributed by atoms with Crippen molar-refractivity contribution in [3.8, 4) is 5.75 Å². The molecule has 2 aliphatic rings. The standard InChI is InChI=1S/C22H28N2O/c1-2-6-18(7-3-1)17-25-22-9-5-4-8-20(22)15-23-14-19-12-13-24(16-19)21-10-11-21/h1-9,19,21,23H,10-17H2. The fraction of sp³-hybridized carbons (Fsp3) is 0.455. The van der Waals surface area contributed by atoms with Gasteiger partial charge in [0.25, 0.3) is 0 Å². The van der Waals surface area contributed by atoms with Crippen molar-refractivity contribution in [3.05, 3.63) is 65.7 Å². The van der Waals surface area contributed by atoms with Crippen LogP contribution in [0.2, 0.25) is 0 Å². The molecule has 0 aromatic heterocycles. The van der Waals surface area contributed by atoms with Gasteiger partial charge < -0.3 is 15.0 Å². The van der Waals surface area contributed by atoms with Crippen LogP contribution in [0.1, 0.15) is 30.4 Å². The third kappa shape index (κ3) is 4.62. The van der Waals surface area contributed by atoms with E-state index in [1.165, 1.54) is 43.5 Å². The predicted octanol–water partition coefficient (Wildman–Crippen LogP) is 3.84. The third-order valence-corrected chi connectivity index (χ3v) is 5.34. The Balaban J connectivity index is 1.26. The largest absolute Gasteiger partial charge is 0.489 e. The topological polar surface area (TPSA) is 24.5 Å². The Kier molecular flexibility index (Phi) is 5.34. The molecule has 1 heterocycles. The molecule has 132 valence electrons. The van der Waals surface area contributed by atoms with Crippen LogP contribution in [0.3, 0.4) is 0 Å². The maximum absolute atomic E-state index is 6.05. The molecule has 1 saturated carbocycles. The highest BCUT2D eigenvalue weighted by Crippen LogP contribution is 2.31. The molecule has 3 nitrogen and oxygen atoms in total. The van der Waals surface area contributed by atoms with Crippen LogP contribution in [-0.4, -0.2) is 30.6 Å². The first-order valence-electron chi connectivity index (χ1n) is 9.58. The molecule has 3 heteroatoms. The zero-order valence-corrected chi connectivity index (χ0v) is 14.9. The summed E-state index contributed by atoms with van der Waals surface area (Å²) >= 11 is 0. The average Bonchev–Trinajstić information content (AvgIpc) is 3.41. The van der Waals surface area contributed by atoms with Crippen LogP contribution in [0.25, 0.3) is 0 Å². The van der Waals surface area contributed by atoms with Crippen LogP contribution in [0, 0.1) is 5.92 Å². The summed E-state index contributed by atoms with van der Waals surface area (Å²) in [4.78, 5) is 2.68. The first kappa shape index (κ1) is 16.6. The molecule has 0 amide bonds. The monoisotopic (exact) mass is 336 g/mol. The molecule has 0 spiro atoms. The van der Waals surface area contributed by atoms with E-state index in [-0.39, 0.29) is 0 Å². The highest BCUT2D eigenvalue weighted by Gasteiger charge is 2.33. The lowest BCUT2D eigenvalue weighted by molar-refractivity contribution is 0.300. The van der Waals surface area contributed by atoms with Gasteiger partial charge in [0.1, 0.15) is 12.4 Å². The van der Waals surface area contributed by atoms with Gasteiger partial charge in [-0.1, -0.05) is 48.5 Å². The van der Waals surface area contributed by atoms with Gasteiger partial charge in [0.05, 0.1) is 0 Å². The Morgan fingerprint density at radius 1 is 0.960 bits per heavy atom. The van der Waals surface area contributed by atoms with E-state index in [9.17, 15) is 0 Å². The minimum atomic E-state index is 0.622. The normalized spacial score (nSPS) is 20.7. The van der Waals surface area contributed by atoms with Crippen molar-refractivity contribution in [3.63, 3.8) is 0 Å². The molecule has 0 radical (unpaired) electrons. The lowest BCUT2D eigenvalue weighted by Crippen LogP contribution is -2.27. The van der Waals surface area contributed by atoms with Crippen molar-refractivity contribution in [2.24, 2.45) is 5.92 Å². The molecule has 4 rings (SSSR count). The molecule has 1 aliphatic carbocycles. The molecule has 2 aromatic rings. The molecule has 2 aromatic carbocycles. The van der Waals surface area contributed by atoms with Gasteiger partial charge in [-0.05, 0) is 49.9 Å². The fourth-order valence-electron chi connectivity index (χ4n) is 3.74. The van der Waals surface area contributed by atoms with E-state index >= 15 is 0 Å². The molecule has 2 fully saturated rings. The van der Waals surface area contributed by atoms with Crippen LogP contribution in [0.15, 0.2) is 54.6 Å². The number of nitrogens with zero attached hydrogens (tertiary/aromatic N) is 1. The summed E-state index contributed by atoms with van der Waals surface area (Å²) in [6.45, 7) is 5.19. The van der Waals surface area contributed by atoms with Gasteiger partial charge in [-0.25, -0.2) is 0 Å². The molecule has 1 saturated heterocycles. The zero-order valence-electron chi connectivity index (χ0n) is 14.9. The number of hydrogen-bond acceptors (Lipinski definition) is 3. The minimum Gasteiger partial charge on any atom is -0.489 e. The smallest absolute Gasteiger partial charge is 0.124 e. The molecule has 0 bridgehead atoms. The predicted molar refractivity (Wildman–Crippen MR) is 102 cm³/mol. The minimum absolute atomic E-state index is 0.622. The van der Waals surface area contributed by atoms with Crippen molar-refractivity contribution in [1.29, 1.82) is 0 Å². The molecule has 1 N–H and O–H groups in total. The molecule has 1 atom stereocenters. The first-order chi connectivity index (χ1) is 12.4. The maximum Gasteiger partial charge on any atom is 0.124 e. The average molecular weight is 336 g/mol. The van der Waals surface area contributed by atoms with Crippen molar-refractivity contribution in [1.82, 2.24) is 10.2 Å². The van der Waals surface area contributed by atoms with Crippen LogP contribution in [-0.2, 0) is 13.2 Å². The van der Waals surface area contributed by atoms with Gasteiger partial charge in [-0.2, -0.15) is 0 Å². The fourth-order valence-corrected chi connectivity index (χ4v) is 3.74. The van der Waals surface area contributed by atoms with Gasteiger partial charge in [-0.3, -0.25) is 0 Å². The summed E-state index contributed by atoms with van der Waals surface area (Å²) in [7, 11) is 0. The molecular formula is C22H28N2O. The summed E-state index contributed by atoms with van der Waals surface area (Å²) in [5, 5.41) is 3.66. The SMILES string of the molecule is c1ccc(COc2ccccc2CNCC2CCN(C3CC3)C2)cc1. The lowest BCUT2D eigenvalue weighted by atomic mass is 10.1. The Morgan fingerprint density at radius 2 is 1.76 bits per heavy atom. The Hall–Kier alpha value is -1.84. The summed E-state index contributed by atoms with van der Waals surface area (Å²) in [5.41, 5.74) is 2.45. The van der Waals surface area contributed by atoms with Crippen LogP contribution in [0.5, 0.6) is 5.75 Å². The number of hydrogen-bond donors (Lipinski definition) is 1. The van der Waals surface area contributed by atoms with E-state index < -0.39 is 0 Å². The van der Waals surface area contributed by atoms with E-state index in [1.807, 2.05) is 12.1 Å². The number of para-hydroxylation sites is 1. The Bertz CT molecular complexity index is 669. The second kappa shape index (κ2) is 8.03. The van der Waals surface area contributed by atoms with E-state index in [1.54, 1.807) is 0 Å². The van der Waals surface area contributed by atoms with Crippen molar-refractivity contribution >= 4 is 0 Å². The van der Waals surface area contributed by atoms with Crippen LogP contribution in [0.4, 0.5) is 0 Å². The van der Waals surface area contributed by atoms with Gasteiger partial charge in [0.15, 0.2) is 0 Å². The highest BCUT2D eigenvalue weighted by molar-refractivity contribution is 5.33. The Morgan fingerprint density at radius 3 is 2.60 bits per heavy atom. The Labute approximate surface area is 151 Å². The molecule has 1 unspecified atom stereocenters. The molecule has 1 aliphatic heterocycles. The molecule has 25 heavy (non-hydrogen) atoms. The lowest BCUT2D eigenvalue weighted by Gasteiger charge is -2.16. The van der Waals surface area contributed by atoms with E-state index in [0.29, 0.717) is 6.61 Å². The van der Waals surface area contributed by atoms with E-state index in [4.69, 9.17) is 4.74 Å². The molecular weight excluding hydrogens is 308 g/mol. The van der Waals surface area contributed by atoms with Crippen molar-refractivity contribution < 1.29 is 4.74 Å². The third-order valence-electron chi connectivity index (χ3n) is 5.34. The van der Waals surface area contributed by atoms with Gasteiger partial charge in [-0.15, -0.1) is 0 Å². The van der Waals surface area contributed by atoms with E-state index in [0.717, 1.165) is 30.8 Å². The van der Waals surface area contributed by atoms with Crippen molar-refractivity contribution in [2.45, 2.75) is 38.5 Å². The number of nitrogens with one attached hydrogen (secondary N) is 1. The summed E-state index contributed by atoms with van der Waals surface area (Å²) < 4.78 is 6.05.